The number of amides is 2. The first-order valence-electron chi connectivity index (χ1n) is 6.69. The van der Waals surface area contributed by atoms with Gasteiger partial charge in [-0.2, -0.15) is 0 Å². The number of rotatable bonds is 2. The number of pyridine rings is 1. The van der Waals surface area contributed by atoms with Crippen molar-refractivity contribution in [1.82, 2.24) is 9.88 Å². The molecule has 1 aliphatic rings. The number of nitrogens with zero attached hydrogens (tertiary/aromatic N) is 1. The normalized spacial score (nSPS) is 18.9. The number of aromatic amines is 1. The molecule has 1 fully saturated rings. The maximum Gasteiger partial charge on any atom is 0.261 e. The molecule has 1 aliphatic heterocycles. The lowest BCUT2D eigenvalue weighted by atomic mass is 9.97. The first kappa shape index (κ1) is 14.3. The lowest BCUT2D eigenvalue weighted by Gasteiger charge is -2.31. The number of aromatic nitrogens is 1. The average molecular weight is 277 g/mol. The largest absolute Gasteiger partial charge is 0.369 e. The third-order valence-electron chi connectivity index (χ3n) is 3.84. The highest BCUT2D eigenvalue weighted by Gasteiger charge is 2.28. The molecular formula is C14H19N3O3. The quantitative estimate of drug-likeness (QED) is 0.815. The summed E-state index contributed by atoms with van der Waals surface area (Å²) in [7, 11) is 0. The molecule has 1 saturated heterocycles. The zero-order chi connectivity index (χ0) is 14.9. The van der Waals surface area contributed by atoms with Crippen LogP contribution >= 0.6 is 0 Å². The van der Waals surface area contributed by atoms with Crippen molar-refractivity contribution in [3.63, 3.8) is 0 Å². The molecule has 2 heterocycles. The van der Waals surface area contributed by atoms with E-state index in [1.807, 2.05) is 6.92 Å². The van der Waals surface area contributed by atoms with Gasteiger partial charge in [-0.05, 0) is 38.3 Å². The van der Waals surface area contributed by atoms with Gasteiger partial charge in [-0.15, -0.1) is 0 Å². The van der Waals surface area contributed by atoms with Crippen molar-refractivity contribution in [2.24, 2.45) is 11.7 Å². The van der Waals surface area contributed by atoms with Crippen molar-refractivity contribution in [2.75, 3.05) is 13.1 Å². The van der Waals surface area contributed by atoms with Crippen molar-refractivity contribution < 1.29 is 9.59 Å². The predicted octanol–water partition coefficient (Wildman–Crippen LogP) is 0.329. The van der Waals surface area contributed by atoms with Crippen LogP contribution in [0.25, 0.3) is 0 Å². The van der Waals surface area contributed by atoms with E-state index in [1.165, 1.54) is 4.90 Å². The Morgan fingerprint density at radius 2 is 2.10 bits per heavy atom. The SMILES string of the molecule is Cc1cc(C(=O)N2CCC[C@@H](C(N)=O)C2)c(=O)[nH]c1C. The van der Waals surface area contributed by atoms with Gasteiger partial charge in [0.25, 0.3) is 11.5 Å². The molecule has 108 valence electrons. The van der Waals surface area contributed by atoms with E-state index in [0.717, 1.165) is 17.7 Å². The molecule has 2 rings (SSSR count). The van der Waals surface area contributed by atoms with Gasteiger partial charge in [0.05, 0.1) is 5.92 Å². The van der Waals surface area contributed by atoms with Crippen LogP contribution < -0.4 is 11.3 Å². The van der Waals surface area contributed by atoms with Crippen LogP contribution in [0.3, 0.4) is 0 Å². The number of carbonyl (C=O) groups excluding carboxylic acids is 2. The number of piperidine rings is 1. The smallest absolute Gasteiger partial charge is 0.261 e. The summed E-state index contributed by atoms with van der Waals surface area (Å²) in [5.74, 6) is -1.05. The van der Waals surface area contributed by atoms with Gasteiger partial charge in [0, 0.05) is 18.8 Å². The second kappa shape index (κ2) is 5.48. The van der Waals surface area contributed by atoms with Crippen LogP contribution in [-0.2, 0) is 4.79 Å². The first-order valence-corrected chi connectivity index (χ1v) is 6.69. The average Bonchev–Trinajstić information content (AvgIpc) is 2.42. The van der Waals surface area contributed by atoms with Crippen LogP contribution in [0, 0.1) is 19.8 Å². The minimum atomic E-state index is -0.392. The summed E-state index contributed by atoms with van der Waals surface area (Å²) in [5.41, 5.74) is 6.64. The zero-order valence-electron chi connectivity index (χ0n) is 11.7. The molecule has 20 heavy (non-hydrogen) atoms. The fraction of sp³-hybridized carbons (Fsp3) is 0.500. The number of primary amides is 1. The second-order valence-corrected chi connectivity index (χ2v) is 5.31. The third-order valence-corrected chi connectivity index (χ3v) is 3.84. The molecular weight excluding hydrogens is 258 g/mol. The fourth-order valence-corrected chi connectivity index (χ4v) is 2.45. The summed E-state index contributed by atoms with van der Waals surface area (Å²) < 4.78 is 0. The molecule has 1 aromatic heterocycles. The van der Waals surface area contributed by atoms with Crippen molar-refractivity contribution >= 4 is 11.8 Å². The van der Waals surface area contributed by atoms with E-state index in [-0.39, 0.29) is 22.9 Å². The molecule has 0 spiro atoms. The Hall–Kier alpha value is -2.11. The van der Waals surface area contributed by atoms with E-state index >= 15 is 0 Å². The lowest BCUT2D eigenvalue weighted by molar-refractivity contribution is -0.123. The number of aryl methyl sites for hydroxylation is 2. The monoisotopic (exact) mass is 277 g/mol. The van der Waals surface area contributed by atoms with Crippen molar-refractivity contribution in [1.29, 1.82) is 0 Å². The number of likely N-dealkylation sites (tertiary alicyclic amines) is 1. The Kier molecular flexibility index (Phi) is 3.92. The fourth-order valence-electron chi connectivity index (χ4n) is 2.45. The van der Waals surface area contributed by atoms with Crippen molar-refractivity contribution in [2.45, 2.75) is 26.7 Å². The Labute approximate surface area is 117 Å². The molecule has 0 bridgehead atoms. The minimum Gasteiger partial charge on any atom is -0.369 e. The van der Waals surface area contributed by atoms with Gasteiger partial charge in [0.2, 0.25) is 5.91 Å². The van der Waals surface area contributed by atoms with Gasteiger partial charge in [-0.1, -0.05) is 0 Å². The molecule has 1 aromatic rings. The van der Waals surface area contributed by atoms with Crippen LogP contribution in [0.15, 0.2) is 10.9 Å². The maximum absolute atomic E-state index is 12.4. The van der Waals surface area contributed by atoms with E-state index in [9.17, 15) is 14.4 Å². The molecule has 0 saturated carbocycles. The highest BCUT2D eigenvalue weighted by Crippen LogP contribution is 2.18. The van der Waals surface area contributed by atoms with E-state index in [0.29, 0.717) is 19.5 Å². The van der Waals surface area contributed by atoms with Crippen molar-refractivity contribution in [3.8, 4) is 0 Å². The second-order valence-electron chi connectivity index (χ2n) is 5.31. The first-order chi connectivity index (χ1) is 9.40. The molecule has 0 unspecified atom stereocenters. The molecule has 6 nitrogen and oxygen atoms in total. The molecule has 2 amide bonds. The summed E-state index contributed by atoms with van der Waals surface area (Å²) in [6.07, 6.45) is 1.42. The summed E-state index contributed by atoms with van der Waals surface area (Å²) in [4.78, 5) is 39.8. The van der Waals surface area contributed by atoms with Crippen LogP contribution in [0.5, 0.6) is 0 Å². The predicted molar refractivity (Wildman–Crippen MR) is 74.4 cm³/mol. The van der Waals surface area contributed by atoms with Crippen LogP contribution in [-0.4, -0.2) is 34.8 Å². The molecule has 0 radical (unpaired) electrons. The van der Waals surface area contributed by atoms with Crippen LogP contribution in [0.1, 0.15) is 34.5 Å². The molecule has 1 atom stereocenters. The Balaban J connectivity index is 2.25. The molecule has 0 aliphatic carbocycles. The van der Waals surface area contributed by atoms with Gasteiger partial charge in [0.15, 0.2) is 0 Å². The number of hydrogen-bond acceptors (Lipinski definition) is 3. The minimum absolute atomic E-state index is 0.123. The van der Waals surface area contributed by atoms with Gasteiger partial charge in [-0.25, -0.2) is 0 Å². The van der Waals surface area contributed by atoms with E-state index < -0.39 is 5.91 Å². The standard InChI is InChI=1S/C14H19N3O3/c1-8-6-11(13(19)16-9(8)2)14(20)17-5-3-4-10(7-17)12(15)18/h6,10H,3-5,7H2,1-2H3,(H2,15,18)(H,16,19)/t10-/m1/s1. The molecule has 3 N–H and O–H groups in total. The maximum atomic E-state index is 12.4. The number of carbonyl (C=O) groups is 2. The van der Waals surface area contributed by atoms with Crippen molar-refractivity contribution in [3.05, 3.63) is 33.2 Å². The van der Waals surface area contributed by atoms with E-state index in [1.54, 1.807) is 13.0 Å². The number of H-pyrrole nitrogens is 1. The summed E-state index contributed by atoms with van der Waals surface area (Å²) >= 11 is 0. The van der Waals surface area contributed by atoms with Gasteiger partial charge < -0.3 is 15.6 Å². The van der Waals surface area contributed by atoms with Gasteiger partial charge in [0.1, 0.15) is 5.56 Å². The van der Waals surface area contributed by atoms with Crippen LogP contribution in [0.2, 0.25) is 0 Å². The van der Waals surface area contributed by atoms with Crippen LogP contribution in [0.4, 0.5) is 0 Å². The summed E-state index contributed by atoms with van der Waals surface area (Å²) in [6.45, 7) is 4.47. The number of hydrogen-bond donors (Lipinski definition) is 2. The molecule has 0 aromatic carbocycles. The topological polar surface area (TPSA) is 96.3 Å². The summed E-state index contributed by atoms with van der Waals surface area (Å²) in [5, 5.41) is 0. The Morgan fingerprint density at radius 1 is 1.40 bits per heavy atom. The molecule has 6 heteroatoms. The highest BCUT2D eigenvalue weighted by molar-refractivity contribution is 5.94. The van der Waals surface area contributed by atoms with E-state index in [2.05, 4.69) is 4.98 Å². The lowest BCUT2D eigenvalue weighted by Crippen LogP contribution is -2.45. The van der Waals surface area contributed by atoms with Gasteiger partial charge in [-0.3, -0.25) is 14.4 Å². The Bertz CT molecular complexity index is 606. The summed E-state index contributed by atoms with van der Waals surface area (Å²) in [6, 6.07) is 1.60. The van der Waals surface area contributed by atoms with E-state index in [4.69, 9.17) is 5.73 Å². The number of nitrogens with two attached hydrogens (primary N) is 1. The zero-order valence-corrected chi connectivity index (χ0v) is 11.7. The van der Waals surface area contributed by atoms with Gasteiger partial charge >= 0.3 is 0 Å². The Morgan fingerprint density at radius 3 is 2.75 bits per heavy atom. The third kappa shape index (κ3) is 2.74. The highest BCUT2D eigenvalue weighted by atomic mass is 16.2. The number of nitrogens with one attached hydrogen (secondary N) is 1.